The van der Waals surface area contributed by atoms with Crippen LogP contribution >= 0.6 is 11.6 Å². The molecule has 0 bridgehead atoms. The van der Waals surface area contributed by atoms with Crippen molar-refractivity contribution in [1.29, 1.82) is 5.26 Å². The minimum absolute atomic E-state index is 0.0289. The van der Waals surface area contributed by atoms with E-state index in [1.54, 1.807) is 6.07 Å². The standard InChI is InChI=1S/C14H6ClF4N/c15-11-2-1-3-12(16)13(11)10-5-4-9(14(17,18)19)6-8(10)7-20/h1-6H. The van der Waals surface area contributed by atoms with Crippen molar-refractivity contribution in [3.63, 3.8) is 0 Å². The molecule has 0 radical (unpaired) electrons. The van der Waals surface area contributed by atoms with Gasteiger partial charge in [-0.2, -0.15) is 18.4 Å². The van der Waals surface area contributed by atoms with Crippen molar-refractivity contribution in [3.8, 4) is 17.2 Å². The van der Waals surface area contributed by atoms with E-state index < -0.39 is 17.6 Å². The van der Waals surface area contributed by atoms with Gasteiger partial charge in [-0.15, -0.1) is 0 Å². The molecular weight excluding hydrogens is 294 g/mol. The molecule has 20 heavy (non-hydrogen) atoms. The van der Waals surface area contributed by atoms with Gasteiger partial charge in [-0.1, -0.05) is 23.7 Å². The van der Waals surface area contributed by atoms with Crippen molar-refractivity contribution in [2.45, 2.75) is 6.18 Å². The van der Waals surface area contributed by atoms with E-state index in [9.17, 15) is 17.6 Å². The second-order valence-electron chi connectivity index (χ2n) is 3.97. The van der Waals surface area contributed by atoms with Crippen LogP contribution in [0.25, 0.3) is 11.1 Å². The Morgan fingerprint density at radius 1 is 1.10 bits per heavy atom. The normalized spacial score (nSPS) is 11.2. The Morgan fingerprint density at radius 3 is 2.35 bits per heavy atom. The van der Waals surface area contributed by atoms with Gasteiger partial charge in [0.05, 0.1) is 22.2 Å². The second-order valence-corrected chi connectivity index (χ2v) is 4.37. The number of hydrogen-bond donors (Lipinski definition) is 0. The van der Waals surface area contributed by atoms with Gasteiger partial charge < -0.3 is 0 Å². The zero-order valence-electron chi connectivity index (χ0n) is 9.80. The van der Waals surface area contributed by atoms with Gasteiger partial charge in [-0.25, -0.2) is 4.39 Å². The molecule has 0 unspecified atom stereocenters. The zero-order valence-corrected chi connectivity index (χ0v) is 10.6. The maximum Gasteiger partial charge on any atom is 0.416 e. The molecule has 2 rings (SSSR count). The van der Waals surface area contributed by atoms with Crippen LogP contribution < -0.4 is 0 Å². The summed E-state index contributed by atoms with van der Waals surface area (Å²) < 4.78 is 51.5. The summed E-state index contributed by atoms with van der Waals surface area (Å²) in [6.45, 7) is 0. The zero-order chi connectivity index (χ0) is 14.9. The highest BCUT2D eigenvalue weighted by atomic mass is 35.5. The van der Waals surface area contributed by atoms with E-state index in [0.29, 0.717) is 6.07 Å². The maximum atomic E-state index is 13.8. The van der Waals surface area contributed by atoms with Gasteiger partial charge in [0.25, 0.3) is 0 Å². The topological polar surface area (TPSA) is 23.8 Å². The van der Waals surface area contributed by atoms with E-state index in [-0.39, 0.29) is 21.7 Å². The molecule has 0 fully saturated rings. The third-order valence-corrected chi connectivity index (χ3v) is 3.01. The highest BCUT2D eigenvalue weighted by Gasteiger charge is 2.31. The van der Waals surface area contributed by atoms with Gasteiger partial charge in [0.1, 0.15) is 5.82 Å². The van der Waals surface area contributed by atoms with Crippen molar-refractivity contribution in [1.82, 2.24) is 0 Å². The molecule has 0 aliphatic carbocycles. The maximum absolute atomic E-state index is 13.8. The molecule has 0 N–H and O–H groups in total. The SMILES string of the molecule is N#Cc1cc(C(F)(F)F)ccc1-c1c(F)cccc1Cl. The third kappa shape index (κ3) is 2.61. The highest BCUT2D eigenvalue weighted by molar-refractivity contribution is 6.33. The molecule has 0 heterocycles. The van der Waals surface area contributed by atoms with E-state index in [1.807, 2.05) is 0 Å². The van der Waals surface area contributed by atoms with E-state index in [0.717, 1.165) is 18.2 Å². The van der Waals surface area contributed by atoms with Gasteiger partial charge >= 0.3 is 6.18 Å². The van der Waals surface area contributed by atoms with Gasteiger partial charge in [0.2, 0.25) is 0 Å². The molecule has 0 spiro atoms. The molecule has 2 aromatic rings. The van der Waals surface area contributed by atoms with Crippen LogP contribution in [-0.4, -0.2) is 0 Å². The lowest BCUT2D eigenvalue weighted by atomic mass is 9.97. The smallest absolute Gasteiger partial charge is 0.206 e. The van der Waals surface area contributed by atoms with E-state index in [4.69, 9.17) is 16.9 Å². The molecule has 1 nitrogen and oxygen atoms in total. The predicted molar refractivity (Wildman–Crippen MR) is 66.6 cm³/mol. The van der Waals surface area contributed by atoms with Crippen LogP contribution in [0.15, 0.2) is 36.4 Å². The number of nitrogens with zero attached hydrogens (tertiary/aromatic N) is 1. The molecule has 102 valence electrons. The summed E-state index contributed by atoms with van der Waals surface area (Å²) in [5.74, 6) is -0.700. The largest absolute Gasteiger partial charge is 0.416 e. The van der Waals surface area contributed by atoms with Gasteiger partial charge in [0, 0.05) is 11.1 Å². The monoisotopic (exact) mass is 299 g/mol. The number of rotatable bonds is 1. The summed E-state index contributed by atoms with van der Waals surface area (Å²) in [6.07, 6.45) is -4.57. The Bertz CT molecular complexity index is 681. The molecule has 0 amide bonds. The summed E-state index contributed by atoms with van der Waals surface area (Å²) in [5, 5.41) is 9.00. The van der Waals surface area contributed by atoms with Crippen molar-refractivity contribution in [2.75, 3.05) is 0 Å². The number of nitriles is 1. The first-order valence-corrected chi connectivity index (χ1v) is 5.78. The number of benzene rings is 2. The molecule has 0 aromatic heterocycles. The van der Waals surface area contributed by atoms with Crippen LogP contribution in [0.2, 0.25) is 5.02 Å². The molecule has 0 aliphatic rings. The van der Waals surface area contributed by atoms with Crippen LogP contribution in [0.5, 0.6) is 0 Å². The van der Waals surface area contributed by atoms with Crippen molar-refractivity contribution in [2.24, 2.45) is 0 Å². The van der Waals surface area contributed by atoms with E-state index in [1.165, 1.54) is 12.1 Å². The molecule has 0 atom stereocenters. The minimum atomic E-state index is -4.57. The Balaban J connectivity index is 2.68. The first kappa shape index (κ1) is 14.4. The number of halogens is 5. The van der Waals surface area contributed by atoms with Crippen molar-refractivity contribution in [3.05, 3.63) is 58.4 Å². The lowest BCUT2D eigenvalue weighted by Gasteiger charge is -2.11. The first-order valence-electron chi connectivity index (χ1n) is 5.40. The Kier molecular flexibility index (Phi) is 3.69. The molecule has 0 saturated carbocycles. The van der Waals surface area contributed by atoms with E-state index in [2.05, 4.69) is 0 Å². The average Bonchev–Trinajstić information content (AvgIpc) is 2.37. The fourth-order valence-electron chi connectivity index (χ4n) is 1.79. The van der Waals surface area contributed by atoms with Crippen LogP contribution in [0.1, 0.15) is 11.1 Å². The quantitative estimate of drug-likeness (QED) is 0.677. The van der Waals surface area contributed by atoms with Crippen LogP contribution in [0, 0.1) is 17.1 Å². The molecule has 2 aromatic carbocycles. The molecular formula is C14H6ClF4N. The first-order chi connectivity index (χ1) is 9.34. The number of hydrogen-bond acceptors (Lipinski definition) is 1. The Hall–Kier alpha value is -2.06. The third-order valence-electron chi connectivity index (χ3n) is 2.70. The lowest BCUT2D eigenvalue weighted by Crippen LogP contribution is -2.05. The summed E-state index contributed by atoms with van der Waals surface area (Å²) >= 11 is 5.85. The van der Waals surface area contributed by atoms with Crippen LogP contribution in [0.3, 0.4) is 0 Å². The van der Waals surface area contributed by atoms with Crippen molar-refractivity contribution >= 4 is 11.6 Å². The van der Waals surface area contributed by atoms with Crippen molar-refractivity contribution < 1.29 is 17.6 Å². The summed E-state index contributed by atoms with van der Waals surface area (Å²) in [5.41, 5.74) is -1.31. The van der Waals surface area contributed by atoms with Crippen LogP contribution in [-0.2, 0) is 6.18 Å². The molecule has 0 aliphatic heterocycles. The fraction of sp³-hybridized carbons (Fsp3) is 0.0714. The van der Waals surface area contributed by atoms with E-state index >= 15 is 0 Å². The highest BCUT2D eigenvalue weighted by Crippen LogP contribution is 2.36. The van der Waals surface area contributed by atoms with Crippen LogP contribution in [0.4, 0.5) is 17.6 Å². The number of alkyl halides is 3. The molecule has 0 saturated heterocycles. The summed E-state index contributed by atoms with van der Waals surface area (Å²) in [4.78, 5) is 0. The Labute approximate surface area is 117 Å². The summed E-state index contributed by atoms with van der Waals surface area (Å²) in [6, 6.07) is 8.05. The molecule has 6 heteroatoms. The second kappa shape index (κ2) is 5.14. The van der Waals surface area contributed by atoms with Gasteiger partial charge in [-0.3, -0.25) is 0 Å². The predicted octanol–water partition coefficient (Wildman–Crippen LogP) is 5.04. The fourth-order valence-corrected chi connectivity index (χ4v) is 2.05. The van der Waals surface area contributed by atoms with Gasteiger partial charge in [0.15, 0.2) is 0 Å². The summed E-state index contributed by atoms with van der Waals surface area (Å²) in [7, 11) is 0. The van der Waals surface area contributed by atoms with Gasteiger partial charge in [-0.05, 0) is 24.3 Å². The Morgan fingerprint density at radius 2 is 1.80 bits per heavy atom. The average molecular weight is 300 g/mol. The lowest BCUT2D eigenvalue weighted by molar-refractivity contribution is -0.137. The minimum Gasteiger partial charge on any atom is -0.206 e.